The Morgan fingerprint density at radius 2 is 1.79 bits per heavy atom. The summed E-state index contributed by atoms with van der Waals surface area (Å²) < 4.78 is 0. The van der Waals surface area contributed by atoms with Crippen LogP contribution in [0.1, 0.15) is 25.7 Å². The van der Waals surface area contributed by atoms with E-state index in [4.69, 9.17) is 0 Å². The van der Waals surface area contributed by atoms with Crippen molar-refractivity contribution in [3.8, 4) is 0 Å². The third-order valence-electron chi connectivity index (χ3n) is 4.37. The van der Waals surface area contributed by atoms with Crippen molar-refractivity contribution in [1.29, 1.82) is 0 Å². The van der Waals surface area contributed by atoms with Crippen molar-refractivity contribution >= 4 is 0 Å². The smallest absolute Gasteiger partial charge is 0.00130 e. The highest BCUT2D eigenvalue weighted by Gasteiger charge is 2.44. The van der Waals surface area contributed by atoms with Gasteiger partial charge in [0, 0.05) is 13.1 Å². The van der Waals surface area contributed by atoms with Gasteiger partial charge in [0.15, 0.2) is 0 Å². The van der Waals surface area contributed by atoms with Crippen molar-refractivity contribution in [1.82, 2.24) is 10.2 Å². The van der Waals surface area contributed by atoms with E-state index < -0.39 is 0 Å². The summed E-state index contributed by atoms with van der Waals surface area (Å²) in [5.41, 5.74) is 0. The van der Waals surface area contributed by atoms with Crippen LogP contribution < -0.4 is 5.32 Å². The minimum atomic E-state index is 1.02. The molecule has 2 atom stereocenters. The number of fused-ring (bicyclic) bond motifs is 1. The standard InChI is InChI=1S/C12H22N2/c1-4-13-5-2-10(1)3-6-14-8-11-7-12(11)9-14/h10-13H,1-9H2. The van der Waals surface area contributed by atoms with Gasteiger partial charge in [-0.3, -0.25) is 0 Å². The van der Waals surface area contributed by atoms with Crippen molar-refractivity contribution < 1.29 is 0 Å². The lowest BCUT2D eigenvalue weighted by atomic mass is 9.94. The van der Waals surface area contributed by atoms with Crippen LogP contribution >= 0.6 is 0 Å². The van der Waals surface area contributed by atoms with Crippen LogP contribution in [0.5, 0.6) is 0 Å². The summed E-state index contributed by atoms with van der Waals surface area (Å²) in [6.07, 6.45) is 5.84. The topological polar surface area (TPSA) is 15.3 Å². The van der Waals surface area contributed by atoms with E-state index in [1.807, 2.05) is 0 Å². The number of nitrogens with one attached hydrogen (secondary N) is 1. The number of hydrogen-bond acceptors (Lipinski definition) is 2. The Morgan fingerprint density at radius 3 is 2.50 bits per heavy atom. The maximum atomic E-state index is 3.44. The first-order valence-electron chi connectivity index (χ1n) is 6.35. The van der Waals surface area contributed by atoms with E-state index in [1.165, 1.54) is 52.0 Å². The summed E-state index contributed by atoms with van der Waals surface area (Å²) in [7, 11) is 0. The fourth-order valence-electron chi connectivity index (χ4n) is 3.21. The molecule has 2 heterocycles. The quantitative estimate of drug-likeness (QED) is 0.729. The van der Waals surface area contributed by atoms with Crippen LogP contribution in [0, 0.1) is 17.8 Å². The molecule has 0 bridgehead atoms. The van der Waals surface area contributed by atoms with Gasteiger partial charge < -0.3 is 10.2 Å². The molecule has 0 aromatic heterocycles. The normalized spacial score (nSPS) is 38.6. The minimum absolute atomic E-state index is 1.02. The molecule has 0 aromatic rings. The lowest BCUT2D eigenvalue weighted by Gasteiger charge is -2.25. The summed E-state index contributed by atoms with van der Waals surface area (Å²) in [5.74, 6) is 3.25. The molecule has 3 aliphatic rings. The largest absolute Gasteiger partial charge is 0.317 e. The molecule has 0 aromatic carbocycles. The molecule has 2 unspecified atom stereocenters. The molecular weight excluding hydrogens is 172 g/mol. The highest BCUT2D eigenvalue weighted by Crippen LogP contribution is 2.44. The second-order valence-electron chi connectivity index (χ2n) is 5.50. The van der Waals surface area contributed by atoms with E-state index in [0.717, 1.165) is 17.8 Å². The number of piperidine rings is 2. The highest BCUT2D eigenvalue weighted by molar-refractivity contribution is 4.96. The molecule has 0 radical (unpaired) electrons. The zero-order valence-corrected chi connectivity index (χ0v) is 9.04. The van der Waals surface area contributed by atoms with Crippen LogP contribution in [0.3, 0.4) is 0 Å². The summed E-state index contributed by atoms with van der Waals surface area (Å²) in [4.78, 5) is 2.71. The maximum absolute atomic E-state index is 3.44. The van der Waals surface area contributed by atoms with E-state index in [-0.39, 0.29) is 0 Å². The van der Waals surface area contributed by atoms with Gasteiger partial charge >= 0.3 is 0 Å². The van der Waals surface area contributed by atoms with Crippen molar-refractivity contribution in [3.05, 3.63) is 0 Å². The van der Waals surface area contributed by atoms with Gasteiger partial charge in [-0.15, -0.1) is 0 Å². The monoisotopic (exact) mass is 194 g/mol. The van der Waals surface area contributed by atoms with Gasteiger partial charge in [-0.05, 0) is 63.1 Å². The average molecular weight is 194 g/mol. The van der Waals surface area contributed by atoms with Crippen molar-refractivity contribution in [2.75, 3.05) is 32.7 Å². The number of rotatable bonds is 3. The fraction of sp³-hybridized carbons (Fsp3) is 1.00. The first kappa shape index (κ1) is 9.17. The van der Waals surface area contributed by atoms with Crippen molar-refractivity contribution in [2.45, 2.75) is 25.7 Å². The zero-order chi connectivity index (χ0) is 9.38. The van der Waals surface area contributed by atoms with Gasteiger partial charge in [0.2, 0.25) is 0 Å². The lowest BCUT2D eigenvalue weighted by Crippen LogP contribution is -2.31. The Hall–Kier alpha value is -0.0800. The van der Waals surface area contributed by atoms with Crippen LogP contribution in [-0.4, -0.2) is 37.6 Å². The highest BCUT2D eigenvalue weighted by atomic mass is 15.2. The maximum Gasteiger partial charge on any atom is 0.00130 e. The second kappa shape index (κ2) is 3.82. The molecule has 2 heteroatoms. The van der Waals surface area contributed by atoms with E-state index >= 15 is 0 Å². The lowest BCUT2D eigenvalue weighted by molar-refractivity contribution is 0.254. The molecular formula is C12H22N2. The molecule has 0 amide bonds. The summed E-state index contributed by atoms with van der Waals surface area (Å²) in [6, 6.07) is 0. The third-order valence-corrected chi connectivity index (χ3v) is 4.37. The Bertz CT molecular complexity index is 186. The van der Waals surface area contributed by atoms with E-state index in [1.54, 1.807) is 6.42 Å². The second-order valence-corrected chi connectivity index (χ2v) is 5.50. The molecule has 2 nitrogen and oxygen atoms in total. The van der Waals surface area contributed by atoms with Gasteiger partial charge in [0.05, 0.1) is 0 Å². The number of likely N-dealkylation sites (tertiary alicyclic amines) is 1. The Kier molecular flexibility index (Phi) is 2.50. The van der Waals surface area contributed by atoms with Gasteiger partial charge in [-0.25, -0.2) is 0 Å². The first-order valence-corrected chi connectivity index (χ1v) is 6.35. The Morgan fingerprint density at radius 1 is 1.07 bits per heavy atom. The molecule has 3 fully saturated rings. The number of hydrogen-bond donors (Lipinski definition) is 1. The van der Waals surface area contributed by atoms with Gasteiger partial charge in [0.25, 0.3) is 0 Å². The van der Waals surface area contributed by atoms with Crippen LogP contribution in [0.2, 0.25) is 0 Å². The molecule has 1 N–H and O–H groups in total. The predicted molar refractivity (Wildman–Crippen MR) is 58.2 cm³/mol. The zero-order valence-electron chi connectivity index (χ0n) is 9.04. The van der Waals surface area contributed by atoms with Crippen LogP contribution in [0.25, 0.3) is 0 Å². The molecule has 2 saturated heterocycles. The fourth-order valence-corrected chi connectivity index (χ4v) is 3.21. The third kappa shape index (κ3) is 1.96. The van der Waals surface area contributed by atoms with Crippen LogP contribution in [0.15, 0.2) is 0 Å². The molecule has 2 aliphatic heterocycles. The Balaban J connectivity index is 1.36. The van der Waals surface area contributed by atoms with E-state index in [9.17, 15) is 0 Å². The molecule has 3 rings (SSSR count). The molecule has 1 saturated carbocycles. The minimum Gasteiger partial charge on any atom is -0.317 e. The molecule has 80 valence electrons. The molecule has 0 spiro atoms. The van der Waals surface area contributed by atoms with Crippen molar-refractivity contribution in [3.63, 3.8) is 0 Å². The van der Waals surface area contributed by atoms with E-state index in [0.29, 0.717) is 0 Å². The van der Waals surface area contributed by atoms with Crippen molar-refractivity contribution in [2.24, 2.45) is 17.8 Å². The predicted octanol–water partition coefficient (Wildman–Crippen LogP) is 1.33. The summed E-state index contributed by atoms with van der Waals surface area (Å²) in [5, 5.41) is 3.44. The van der Waals surface area contributed by atoms with Crippen LogP contribution in [-0.2, 0) is 0 Å². The van der Waals surface area contributed by atoms with Crippen LogP contribution in [0.4, 0.5) is 0 Å². The Labute approximate surface area is 87.0 Å². The molecule has 14 heavy (non-hydrogen) atoms. The van der Waals surface area contributed by atoms with Gasteiger partial charge in [-0.1, -0.05) is 0 Å². The molecule has 1 aliphatic carbocycles. The summed E-state index contributed by atoms with van der Waals surface area (Å²) >= 11 is 0. The van der Waals surface area contributed by atoms with Gasteiger partial charge in [0.1, 0.15) is 0 Å². The number of nitrogens with zero attached hydrogens (tertiary/aromatic N) is 1. The average Bonchev–Trinajstić information content (AvgIpc) is 2.85. The van der Waals surface area contributed by atoms with Gasteiger partial charge in [-0.2, -0.15) is 0 Å². The van der Waals surface area contributed by atoms with E-state index in [2.05, 4.69) is 10.2 Å². The SMILES string of the molecule is C1CC(CCN2CC3CC3C2)CCN1. The summed E-state index contributed by atoms with van der Waals surface area (Å²) in [6.45, 7) is 6.76. The first-order chi connectivity index (χ1) is 6.92.